The first kappa shape index (κ1) is 51.3. The minimum Gasteiger partial charge on any atom is -0.458 e. The number of hydrogen-bond donors (Lipinski definition) is 0. The summed E-state index contributed by atoms with van der Waals surface area (Å²) in [7, 11) is 0. The van der Waals surface area contributed by atoms with Crippen molar-refractivity contribution in [2.75, 3.05) is 39.6 Å². The van der Waals surface area contributed by atoms with E-state index in [2.05, 4.69) is 27.0 Å². The Labute approximate surface area is 328 Å². The van der Waals surface area contributed by atoms with Gasteiger partial charge in [0, 0.05) is 37.2 Å². The number of carbonyl (C=O) groups is 4. The van der Waals surface area contributed by atoms with E-state index in [4.69, 9.17) is 28.4 Å². The maximum Gasteiger partial charge on any atom is 0.333 e. The van der Waals surface area contributed by atoms with E-state index in [-0.39, 0.29) is 49.5 Å². The van der Waals surface area contributed by atoms with Crippen LogP contribution in [-0.4, -0.2) is 75.7 Å². The quantitative estimate of drug-likeness (QED) is 0.0258. The summed E-state index contributed by atoms with van der Waals surface area (Å²) in [6.45, 7) is 15.9. The molecule has 54 heavy (non-hydrogen) atoms. The highest BCUT2D eigenvalue weighted by Crippen LogP contribution is 2.13. The van der Waals surface area contributed by atoms with Crippen molar-refractivity contribution >= 4 is 23.9 Å². The molecule has 0 radical (unpaired) electrons. The zero-order chi connectivity index (χ0) is 40.1. The molecule has 0 aromatic heterocycles. The molecule has 0 saturated heterocycles. The standard InChI is InChI=1S/C44H78O10/c1-7-9-11-13-15-17-19-21-25-29-41(45)53-39(35-51-43(47)37(3)4)33-49-31-27-23-24-28-32-50-34-40(36-52-44(48)38(5)6)54-42(46)30-26-22-20-18-16-14-12-10-8-2/h39-40H,3,5,7-36H2,1-2,4,6H3. The van der Waals surface area contributed by atoms with Crippen molar-refractivity contribution in [3.63, 3.8) is 0 Å². The van der Waals surface area contributed by atoms with Gasteiger partial charge in [-0.2, -0.15) is 0 Å². The van der Waals surface area contributed by atoms with E-state index in [0.29, 0.717) is 26.1 Å². The van der Waals surface area contributed by atoms with E-state index in [1.54, 1.807) is 13.8 Å². The van der Waals surface area contributed by atoms with Gasteiger partial charge in [0.15, 0.2) is 12.2 Å². The molecule has 10 nitrogen and oxygen atoms in total. The van der Waals surface area contributed by atoms with Crippen LogP contribution in [0, 0.1) is 0 Å². The highest BCUT2D eigenvalue weighted by Gasteiger charge is 2.19. The minimum absolute atomic E-state index is 0.0749. The molecular weight excluding hydrogens is 688 g/mol. The molecular formula is C44H78O10. The lowest BCUT2D eigenvalue weighted by Gasteiger charge is -2.18. The van der Waals surface area contributed by atoms with E-state index in [0.717, 1.165) is 64.2 Å². The molecule has 0 aromatic rings. The fourth-order valence-corrected chi connectivity index (χ4v) is 5.66. The summed E-state index contributed by atoms with van der Waals surface area (Å²) in [4.78, 5) is 48.8. The van der Waals surface area contributed by atoms with E-state index in [1.165, 1.54) is 77.0 Å². The number of rotatable bonds is 39. The Balaban J connectivity index is 4.36. The molecule has 10 heteroatoms. The van der Waals surface area contributed by atoms with Crippen LogP contribution in [0.3, 0.4) is 0 Å². The second kappa shape index (κ2) is 37.2. The molecule has 0 saturated carbocycles. The van der Waals surface area contributed by atoms with Crippen LogP contribution in [-0.2, 0) is 47.6 Å². The predicted molar refractivity (Wildman–Crippen MR) is 215 cm³/mol. The molecule has 0 bridgehead atoms. The average Bonchev–Trinajstić information content (AvgIpc) is 3.14. The van der Waals surface area contributed by atoms with Crippen LogP contribution >= 0.6 is 0 Å². The summed E-state index contributed by atoms with van der Waals surface area (Å²) in [5, 5.41) is 0. The van der Waals surface area contributed by atoms with Gasteiger partial charge in [-0.3, -0.25) is 9.59 Å². The third kappa shape index (κ3) is 33.8. The molecule has 0 aromatic carbocycles. The van der Waals surface area contributed by atoms with Gasteiger partial charge >= 0.3 is 23.9 Å². The third-order valence-electron chi connectivity index (χ3n) is 9.00. The molecule has 0 aliphatic carbocycles. The average molecular weight is 767 g/mol. The highest BCUT2D eigenvalue weighted by atomic mass is 16.6. The fourth-order valence-electron chi connectivity index (χ4n) is 5.66. The first-order valence-corrected chi connectivity index (χ1v) is 21.3. The summed E-state index contributed by atoms with van der Waals surface area (Å²) in [6.07, 6.45) is 23.7. The first-order valence-electron chi connectivity index (χ1n) is 21.3. The van der Waals surface area contributed by atoms with E-state index >= 15 is 0 Å². The van der Waals surface area contributed by atoms with Crippen LogP contribution < -0.4 is 0 Å². The Morgan fingerprint density at radius 2 is 0.722 bits per heavy atom. The molecule has 0 aliphatic rings. The Bertz CT molecular complexity index is 916. The summed E-state index contributed by atoms with van der Waals surface area (Å²) < 4.78 is 33.3. The lowest BCUT2D eigenvalue weighted by molar-refractivity contribution is -0.161. The van der Waals surface area contributed by atoms with Crippen molar-refractivity contribution in [1.29, 1.82) is 0 Å². The maximum absolute atomic E-state index is 12.5. The van der Waals surface area contributed by atoms with Gasteiger partial charge in [-0.25, -0.2) is 9.59 Å². The number of unbranched alkanes of at least 4 members (excludes halogenated alkanes) is 19. The van der Waals surface area contributed by atoms with Crippen molar-refractivity contribution in [3.05, 3.63) is 24.3 Å². The summed E-state index contributed by atoms with van der Waals surface area (Å²) in [5.74, 6) is -1.65. The zero-order valence-electron chi connectivity index (χ0n) is 34.9. The van der Waals surface area contributed by atoms with Gasteiger partial charge in [-0.05, 0) is 39.5 Å². The van der Waals surface area contributed by atoms with Gasteiger partial charge in [0.2, 0.25) is 0 Å². The summed E-state index contributed by atoms with van der Waals surface area (Å²) in [5.41, 5.74) is 0.568. The predicted octanol–water partition coefficient (Wildman–Crippen LogP) is 10.5. The fraction of sp³-hybridized carbons (Fsp3) is 0.818. The molecule has 0 aliphatic heterocycles. The van der Waals surface area contributed by atoms with Crippen LogP contribution in [0.2, 0.25) is 0 Å². The number of hydrogen-bond acceptors (Lipinski definition) is 10. The number of esters is 4. The second-order valence-electron chi connectivity index (χ2n) is 14.7. The topological polar surface area (TPSA) is 124 Å². The lowest BCUT2D eigenvalue weighted by atomic mass is 10.1. The molecule has 0 spiro atoms. The Kier molecular flexibility index (Phi) is 35.3. The molecule has 314 valence electrons. The molecule has 0 rings (SSSR count). The van der Waals surface area contributed by atoms with E-state index < -0.39 is 24.1 Å². The first-order chi connectivity index (χ1) is 26.1. The van der Waals surface area contributed by atoms with Crippen molar-refractivity contribution in [2.45, 2.75) is 194 Å². The molecule has 0 N–H and O–H groups in total. The molecule has 2 unspecified atom stereocenters. The SMILES string of the molecule is C=C(C)C(=O)OCC(COCCCCCCOCC(COC(=O)C(=C)C)OC(=O)CCCCCCCCCCC)OC(=O)CCCCCCCCCCC. The van der Waals surface area contributed by atoms with Gasteiger partial charge in [-0.1, -0.05) is 143 Å². The van der Waals surface area contributed by atoms with Gasteiger partial charge in [-0.15, -0.1) is 0 Å². The summed E-state index contributed by atoms with van der Waals surface area (Å²) in [6, 6.07) is 0. The largest absolute Gasteiger partial charge is 0.458 e. The van der Waals surface area contributed by atoms with Crippen LogP contribution in [0.5, 0.6) is 0 Å². The van der Waals surface area contributed by atoms with Gasteiger partial charge in [0.1, 0.15) is 13.2 Å². The maximum atomic E-state index is 12.5. The molecule has 0 fully saturated rings. The highest BCUT2D eigenvalue weighted by molar-refractivity contribution is 5.87. The van der Waals surface area contributed by atoms with E-state index in [9.17, 15) is 19.2 Å². The molecule has 0 heterocycles. The van der Waals surface area contributed by atoms with Gasteiger partial charge in [0.25, 0.3) is 0 Å². The normalized spacial score (nSPS) is 12.1. The molecule has 0 amide bonds. The smallest absolute Gasteiger partial charge is 0.333 e. The second-order valence-corrected chi connectivity index (χ2v) is 14.7. The van der Waals surface area contributed by atoms with Crippen molar-refractivity contribution in [1.82, 2.24) is 0 Å². The van der Waals surface area contributed by atoms with Gasteiger partial charge in [0.05, 0.1) is 13.2 Å². The third-order valence-corrected chi connectivity index (χ3v) is 9.00. The molecule has 2 atom stereocenters. The van der Waals surface area contributed by atoms with E-state index in [1.807, 2.05) is 0 Å². The van der Waals surface area contributed by atoms with Crippen molar-refractivity contribution < 1.29 is 47.6 Å². The Morgan fingerprint density at radius 1 is 0.426 bits per heavy atom. The van der Waals surface area contributed by atoms with Crippen LogP contribution in [0.25, 0.3) is 0 Å². The van der Waals surface area contributed by atoms with Crippen LogP contribution in [0.15, 0.2) is 24.3 Å². The number of carbonyl (C=O) groups excluding carboxylic acids is 4. The number of ether oxygens (including phenoxy) is 6. The Hall–Kier alpha value is -2.72. The minimum atomic E-state index is -0.672. The lowest BCUT2D eigenvalue weighted by Crippen LogP contribution is -2.30. The zero-order valence-corrected chi connectivity index (χ0v) is 34.9. The van der Waals surface area contributed by atoms with Crippen molar-refractivity contribution in [3.8, 4) is 0 Å². The monoisotopic (exact) mass is 767 g/mol. The van der Waals surface area contributed by atoms with Crippen molar-refractivity contribution in [2.24, 2.45) is 0 Å². The van der Waals surface area contributed by atoms with Gasteiger partial charge < -0.3 is 28.4 Å². The van der Waals surface area contributed by atoms with Crippen LogP contribution in [0.4, 0.5) is 0 Å². The van der Waals surface area contributed by atoms with Crippen LogP contribution in [0.1, 0.15) is 182 Å². The Morgan fingerprint density at radius 3 is 1.04 bits per heavy atom. The summed E-state index contributed by atoms with van der Waals surface area (Å²) >= 11 is 0.